The number of nitrogens with one attached hydrogen (secondary N) is 1. The van der Waals surface area contributed by atoms with E-state index in [1.165, 1.54) is 18.4 Å². The van der Waals surface area contributed by atoms with Crippen molar-refractivity contribution in [1.29, 1.82) is 0 Å². The molecule has 2 heterocycles. The molecule has 0 unspecified atom stereocenters. The van der Waals surface area contributed by atoms with Gasteiger partial charge in [0, 0.05) is 35.6 Å². The fourth-order valence-corrected chi connectivity index (χ4v) is 4.58. The van der Waals surface area contributed by atoms with Gasteiger partial charge in [-0.25, -0.2) is 4.98 Å². The van der Waals surface area contributed by atoms with Crippen LogP contribution in [0.5, 0.6) is 0 Å². The first-order valence-corrected chi connectivity index (χ1v) is 9.97. The van der Waals surface area contributed by atoms with Gasteiger partial charge in [0.05, 0.1) is 17.1 Å². The molecule has 1 amide bonds. The SMILES string of the molecule is Cc1ccc(-c2nc(C)sc2CC(=O)N[C@@H]2CCN(C3CC3)C2)cc1. The number of likely N-dealkylation sites (tertiary alicyclic amines) is 1. The third-order valence-corrected chi connectivity index (χ3v) is 6.07. The van der Waals surface area contributed by atoms with Crippen LogP contribution in [0.25, 0.3) is 11.3 Å². The summed E-state index contributed by atoms with van der Waals surface area (Å²) in [6.07, 6.45) is 4.17. The van der Waals surface area contributed by atoms with Crippen LogP contribution in [-0.4, -0.2) is 41.0 Å². The van der Waals surface area contributed by atoms with Crippen LogP contribution in [0.4, 0.5) is 0 Å². The number of carbonyl (C=O) groups excluding carboxylic acids is 1. The Kier molecular flexibility index (Phi) is 4.61. The zero-order chi connectivity index (χ0) is 17.4. The molecular weight excluding hydrogens is 330 g/mol. The number of aromatic nitrogens is 1. The molecule has 5 heteroatoms. The monoisotopic (exact) mass is 355 g/mol. The van der Waals surface area contributed by atoms with Gasteiger partial charge in [0.1, 0.15) is 0 Å². The molecule has 0 bridgehead atoms. The maximum atomic E-state index is 12.6. The summed E-state index contributed by atoms with van der Waals surface area (Å²) in [6.45, 7) is 6.23. The van der Waals surface area contributed by atoms with Gasteiger partial charge in [0.15, 0.2) is 0 Å². The van der Waals surface area contributed by atoms with Crippen LogP contribution in [0.15, 0.2) is 24.3 Å². The van der Waals surface area contributed by atoms with Crippen molar-refractivity contribution in [2.75, 3.05) is 13.1 Å². The maximum Gasteiger partial charge on any atom is 0.225 e. The molecule has 25 heavy (non-hydrogen) atoms. The normalized spacial score (nSPS) is 20.8. The van der Waals surface area contributed by atoms with Crippen LogP contribution in [0.1, 0.15) is 34.7 Å². The van der Waals surface area contributed by atoms with E-state index >= 15 is 0 Å². The van der Waals surface area contributed by atoms with Crippen molar-refractivity contribution in [2.45, 2.75) is 51.6 Å². The third kappa shape index (κ3) is 3.93. The second-order valence-electron chi connectivity index (χ2n) is 7.33. The molecular formula is C20H25N3OS. The van der Waals surface area contributed by atoms with Gasteiger partial charge >= 0.3 is 0 Å². The lowest BCUT2D eigenvalue weighted by atomic mass is 10.1. The van der Waals surface area contributed by atoms with Gasteiger partial charge < -0.3 is 5.32 Å². The minimum Gasteiger partial charge on any atom is -0.352 e. The Bertz CT molecular complexity index is 764. The summed E-state index contributed by atoms with van der Waals surface area (Å²) >= 11 is 1.63. The highest BCUT2D eigenvalue weighted by atomic mass is 32.1. The average Bonchev–Trinajstić information content (AvgIpc) is 3.22. The fraction of sp³-hybridized carbons (Fsp3) is 0.500. The lowest BCUT2D eigenvalue weighted by Crippen LogP contribution is -2.38. The van der Waals surface area contributed by atoms with Gasteiger partial charge in [-0.2, -0.15) is 0 Å². The van der Waals surface area contributed by atoms with Gasteiger partial charge in [-0.1, -0.05) is 29.8 Å². The lowest BCUT2D eigenvalue weighted by molar-refractivity contribution is -0.121. The van der Waals surface area contributed by atoms with E-state index in [9.17, 15) is 4.79 Å². The highest BCUT2D eigenvalue weighted by Gasteiger charge is 2.34. The van der Waals surface area contributed by atoms with Crippen molar-refractivity contribution in [3.8, 4) is 11.3 Å². The summed E-state index contributed by atoms with van der Waals surface area (Å²) in [5.41, 5.74) is 3.29. The number of nitrogens with zero attached hydrogens (tertiary/aromatic N) is 2. The van der Waals surface area contributed by atoms with E-state index < -0.39 is 0 Å². The summed E-state index contributed by atoms with van der Waals surface area (Å²) in [5.74, 6) is 0.125. The summed E-state index contributed by atoms with van der Waals surface area (Å²) in [6, 6.07) is 9.48. The molecule has 2 aliphatic rings. The number of amides is 1. The summed E-state index contributed by atoms with van der Waals surface area (Å²) in [5, 5.41) is 4.25. The molecule has 0 spiro atoms. The second-order valence-corrected chi connectivity index (χ2v) is 8.61. The molecule has 1 aromatic carbocycles. The molecule has 2 fully saturated rings. The van der Waals surface area contributed by atoms with Gasteiger partial charge in [-0.3, -0.25) is 9.69 Å². The molecule has 132 valence electrons. The molecule has 1 aliphatic carbocycles. The third-order valence-electron chi connectivity index (χ3n) is 5.10. The van der Waals surface area contributed by atoms with Crippen LogP contribution in [0.2, 0.25) is 0 Å². The second kappa shape index (κ2) is 6.89. The first kappa shape index (κ1) is 16.7. The van der Waals surface area contributed by atoms with Crippen LogP contribution in [-0.2, 0) is 11.2 Å². The van der Waals surface area contributed by atoms with E-state index in [-0.39, 0.29) is 5.91 Å². The number of hydrogen-bond donors (Lipinski definition) is 1. The van der Waals surface area contributed by atoms with Crippen LogP contribution >= 0.6 is 11.3 Å². The molecule has 1 N–H and O–H groups in total. The van der Waals surface area contributed by atoms with E-state index in [1.54, 1.807) is 11.3 Å². The van der Waals surface area contributed by atoms with Crippen LogP contribution in [0.3, 0.4) is 0 Å². The fourth-order valence-electron chi connectivity index (χ4n) is 3.63. The topological polar surface area (TPSA) is 45.2 Å². The van der Waals surface area contributed by atoms with Crippen LogP contribution in [0, 0.1) is 13.8 Å². The summed E-state index contributed by atoms with van der Waals surface area (Å²) in [4.78, 5) is 20.8. The van der Waals surface area contributed by atoms with E-state index in [2.05, 4.69) is 46.4 Å². The van der Waals surface area contributed by atoms with Gasteiger partial charge in [-0.05, 0) is 33.1 Å². The number of thiazole rings is 1. The standard InChI is InChI=1S/C20H25N3OS/c1-13-3-5-15(6-4-13)20-18(25-14(2)21-20)11-19(24)22-16-9-10-23(12-16)17-7-8-17/h3-6,16-17H,7-12H2,1-2H3,(H,22,24)/t16-/m1/s1. The van der Waals surface area contributed by atoms with Crippen molar-refractivity contribution in [3.63, 3.8) is 0 Å². The summed E-state index contributed by atoms with van der Waals surface area (Å²) in [7, 11) is 0. The zero-order valence-corrected chi connectivity index (χ0v) is 15.7. The zero-order valence-electron chi connectivity index (χ0n) is 14.9. The van der Waals surface area contributed by atoms with Gasteiger partial charge in [0.25, 0.3) is 0 Å². The van der Waals surface area contributed by atoms with Crippen molar-refractivity contribution in [1.82, 2.24) is 15.2 Å². The molecule has 0 radical (unpaired) electrons. The van der Waals surface area contributed by atoms with Crippen molar-refractivity contribution < 1.29 is 4.79 Å². The lowest BCUT2D eigenvalue weighted by Gasteiger charge is -2.15. The smallest absolute Gasteiger partial charge is 0.225 e. The molecule has 1 saturated carbocycles. The Labute approximate surface area is 153 Å². The molecule has 1 saturated heterocycles. The molecule has 2 aromatic rings. The Hall–Kier alpha value is -1.72. The number of carbonyl (C=O) groups is 1. The minimum atomic E-state index is 0.125. The van der Waals surface area contributed by atoms with Gasteiger partial charge in [0.2, 0.25) is 5.91 Å². The number of aryl methyl sites for hydroxylation is 2. The predicted molar refractivity (Wildman–Crippen MR) is 102 cm³/mol. The highest BCUT2D eigenvalue weighted by Crippen LogP contribution is 2.30. The Balaban J connectivity index is 1.42. The van der Waals surface area contributed by atoms with Crippen molar-refractivity contribution in [2.24, 2.45) is 0 Å². The molecule has 4 nitrogen and oxygen atoms in total. The Morgan fingerprint density at radius 3 is 2.72 bits per heavy atom. The first-order valence-electron chi connectivity index (χ1n) is 9.15. The van der Waals surface area contributed by atoms with Crippen molar-refractivity contribution >= 4 is 17.2 Å². The Morgan fingerprint density at radius 2 is 2.00 bits per heavy atom. The van der Waals surface area contributed by atoms with Crippen LogP contribution < -0.4 is 5.32 Å². The van der Waals surface area contributed by atoms with Gasteiger partial charge in [-0.15, -0.1) is 11.3 Å². The molecule has 4 rings (SSSR count). The number of benzene rings is 1. The maximum absolute atomic E-state index is 12.6. The number of hydrogen-bond acceptors (Lipinski definition) is 4. The first-order chi connectivity index (χ1) is 12.1. The van der Waals surface area contributed by atoms with E-state index in [0.717, 1.165) is 46.7 Å². The molecule has 1 aliphatic heterocycles. The highest BCUT2D eigenvalue weighted by molar-refractivity contribution is 7.12. The summed E-state index contributed by atoms with van der Waals surface area (Å²) < 4.78 is 0. The number of rotatable bonds is 5. The van der Waals surface area contributed by atoms with Crippen molar-refractivity contribution in [3.05, 3.63) is 39.7 Å². The minimum absolute atomic E-state index is 0.125. The predicted octanol–water partition coefficient (Wildman–Crippen LogP) is 3.32. The molecule has 1 atom stereocenters. The average molecular weight is 356 g/mol. The quantitative estimate of drug-likeness (QED) is 0.895. The van der Waals surface area contributed by atoms with E-state index in [0.29, 0.717) is 12.5 Å². The largest absolute Gasteiger partial charge is 0.352 e. The van der Waals surface area contributed by atoms with E-state index in [4.69, 9.17) is 0 Å². The molecule has 1 aromatic heterocycles. The van der Waals surface area contributed by atoms with E-state index in [1.807, 2.05) is 6.92 Å². The Morgan fingerprint density at radius 1 is 1.24 bits per heavy atom.